The van der Waals surface area contributed by atoms with E-state index in [1.54, 1.807) is 24.0 Å². The molecule has 0 atom stereocenters. The van der Waals surface area contributed by atoms with Crippen LogP contribution in [-0.4, -0.2) is 34.6 Å². The molecule has 3 aromatic carbocycles. The normalized spacial score (nSPS) is 10.8. The van der Waals surface area contributed by atoms with Gasteiger partial charge in [0.05, 0.1) is 12.8 Å². The monoisotopic (exact) mass is 402 g/mol. The molecular formula is C23H22N4O3. The number of carbonyl (C=O) groups excluding carboxylic acids is 1. The molecule has 7 nitrogen and oxygen atoms in total. The first-order valence-corrected chi connectivity index (χ1v) is 9.54. The smallest absolute Gasteiger partial charge is 0.262 e. The van der Waals surface area contributed by atoms with Crippen molar-refractivity contribution >= 4 is 22.6 Å². The van der Waals surface area contributed by atoms with E-state index in [2.05, 4.69) is 15.5 Å². The van der Waals surface area contributed by atoms with Crippen molar-refractivity contribution in [1.29, 1.82) is 0 Å². The fourth-order valence-corrected chi connectivity index (χ4v) is 3.04. The van der Waals surface area contributed by atoms with Gasteiger partial charge in [0, 0.05) is 5.69 Å². The number of anilines is 1. The van der Waals surface area contributed by atoms with Gasteiger partial charge < -0.3 is 14.8 Å². The maximum atomic E-state index is 12.3. The van der Waals surface area contributed by atoms with Crippen LogP contribution in [0, 0.1) is 13.8 Å². The number of amides is 1. The van der Waals surface area contributed by atoms with Crippen LogP contribution >= 0.6 is 0 Å². The SMILES string of the molecule is COc1ccc(-n2nc3ccc(NC(=O)COc4cccc(C)c4C)cc3n2)cc1. The average molecular weight is 402 g/mol. The quantitative estimate of drug-likeness (QED) is 0.526. The number of carbonyl (C=O) groups is 1. The van der Waals surface area contributed by atoms with Crippen LogP contribution in [0.2, 0.25) is 0 Å². The number of nitrogens with zero attached hydrogens (tertiary/aromatic N) is 3. The third-order valence-electron chi connectivity index (χ3n) is 4.88. The van der Waals surface area contributed by atoms with Gasteiger partial charge in [-0.3, -0.25) is 4.79 Å². The second-order valence-electron chi connectivity index (χ2n) is 6.93. The molecule has 152 valence electrons. The highest BCUT2D eigenvalue weighted by Gasteiger charge is 2.10. The summed E-state index contributed by atoms with van der Waals surface area (Å²) >= 11 is 0. The molecule has 1 N–H and O–H groups in total. The zero-order valence-electron chi connectivity index (χ0n) is 17.0. The molecule has 4 aromatic rings. The summed E-state index contributed by atoms with van der Waals surface area (Å²) in [5.74, 6) is 1.24. The Bertz CT molecular complexity index is 1200. The number of nitrogens with one attached hydrogen (secondary N) is 1. The molecule has 0 aliphatic heterocycles. The second-order valence-corrected chi connectivity index (χ2v) is 6.93. The zero-order valence-corrected chi connectivity index (χ0v) is 17.0. The third kappa shape index (κ3) is 4.10. The molecule has 0 radical (unpaired) electrons. The highest BCUT2D eigenvalue weighted by Crippen LogP contribution is 2.21. The van der Waals surface area contributed by atoms with Gasteiger partial charge in [0.2, 0.25) is 0 Å². The van der Waals surface area contributed by atoms with E-state index in [1.807, 2.05) is 62.4 Å². The van der Waals surface area contributed by atoms with Gasteiger partial charge in [-0.25, -0.2) is 0 Å². The Morgan fingerprint density at radius 2 is 1.77 bits per heavy atom. The Labute approximate surface area is 174 Å². The van der Waals surface area contributed by atoms with E-state index < -0.39 is 0 Å². The lowest BCUT2D eigenvalue weighted by Gasteiger charge is -2.11. The van der Waals surface area contributed by atoms with Crippen LogP contribution in [0.4, 0.5) is 5.69 Å². The molecule has 0 bridgehead atoms. The minimum atomic E-state index is -0.238. The summed E-state index contributed by atoms with van der Waals surface area (Å²) in [6, 6.07) is 18.7. The Hall–Kier alpha value is -3.87. The molecule has 1 aromatic heterocycles. The standard InChI is InChI=1S/C23H22N4O3/c1-15-5-4-6-22(16(15)2)30-14-23(28)24-17-7-12-20-21(13-17)26-27(25-20)18-8-10-19(29-3)11-9-18/h4-13H,14H2,1-3H3,(H,24,28). The van der Waals surface area contributed by atoms with E-state index in [0.717, 1.165) is 28.1 Å². The first kappa shape index (κ1) is 19.4. The number of aryl methyl sites for hydroxylation is 1. The molecule has 0 aliphatic rings. The maximum absolute atomic E-state index is 12.3. The Kier molecular flexibility index (Phi) is 5.34. The number of methoxy groups -OCH3 is 1. The van der Waals surface area contributed by atoms with Crippen LogP contribution in [0.1, 0.15) is 11.1 Å². The molecule has 0 saturated heterocycles. The Morgan fingerprint density at radius 1 is 1.00 bits per heavy atom. The van der Waals surface area contributed by atoms with E-state index in [-0.39, 0.29) is 12.5 Å². The van der Waals surface area contributed by atoms with Gasteiger partial charge in [-0.2, -0.15) is 4.80 Å². The van der Waals surface area contributed by atoms with Crippen LogP contribution in [0.5, 0.6) is 11.5 Å². The number of benzene rings is 3. The van der Waals surface area contributed by atoms with E-state index in [4.69, 9.17) is 9.47 Å². The highest BCUT2D eigenvalue weighted by atomic mass is 16.5. The summed E-state index contributed by atoms with van der Waals surface area (Å²) < 4.78 is 10.8. The lowest BCUT2D eigenvalue weighted by molar-refractivity contribution is -0.118. The molecule has 0 fully saturated rings. The summed E-state index contributed by atoms with van der Waals surface area (Å²) in [6.45, 7) is 3.92. The van der Waals surface area contributed by atoms with Gasteiger partial charge in [-0.05, 0) is 73.5 Å². The van der Waals surface area contributed by atoms with Crippen molar-refractivity contribution in [2.75, 3.05) is 19.0 Å². The average Bonchev–Trinajstić information content (AvgIpc) is 3.18. The van der Waals surface area contributed by atoms with E-state index in [0.29, 0.717) is 17.0 Å². The van der Waals surface area contributed by atoms with Crippen LogP contribution < -0.4 is 14.8 Å². The topological polar surface area (TPSA) is 78.3 Å². The predicted octanol–water partition coefficient (Wildman–Crippen LogP) is 4.06. The molecule has 30 heavy (non-hydrogen) atoms. The van der Waals surface area contributed by atoms with Crippen molar-refractivity contribution < 1.29 is 14.3 Å². The van der Waals surface area contributed by atoms with Crippen molar-refractivity contribution in [2.45, 2.75) is 13.8 Å². The summed E-state index contributed by atoms with van der Waals surface area (Å²) in [5, 5.41) is 11.8. The van der Waals surface area contributed by atoms with Gasteiger partial charge in [0.1, 0.15) is 22.5 Å². The van der Waals surface area contributed by atoms with Crippen LogP contribution in [0.25, 0.3) is 16.7 Å². The van der Waals surface area contributed by atoms with Crippen molar-refractivity contribution in [3.8, 4) is 17.2 Å². The van der Waals surface area contributed by atoms with E-state index in [9.17, 15) is 4.79 Å². The number of fused-ring (bicyclic) bond motifs is 1. The first-order chi connectivity index (χ1) is 14.5. The van der Waals surface area contributed by atoms with Crippen LogP contribution in [0.3, 0.4) is 0 Å². The highest BCUT2D eigenvalue weighted by molar-refractivity contribution is 5.93. The van der Waals surface area contributed by atoms with E-state index in [1.165, 1.54) is 0 Å². The first-order valence-electron chi connectivity index (χ1n) is 9.54. The van der Waals surface area contributed by atoms with E-state index >= 15 is 0 Å². The molecule has 0 spiro atoms. The number of hydrogen-bond acceptors (Lipinski definition) is 5. The van der Waals surface area contributed by atoms with Gasteiger partial charge >= 0.3 is 0 Å². The summed E-state index contributed by atoms with van der Waals surface area (Å²) in [4.78, 5) is 13.9. The Balaban J connectivity index is 1.45. The number of rotatable bonds is 6. The molecule has 0 unspecified atom stereocenters. The summed E-state index contributed by atoms with van der Waals surface area (Å²) in [5.41, 5.74) is 5.02. The van der Waals surface area contributed by atoms with Gasteiger partial charge in [-0.15, -0.1) is 10.2 Å². The fourth-order valence-electron chi connectivity index (χ4n) is 3.04. The molecule has 0 saturated carbocycles. The van der Waals surface area contributed by atoms with Crippen LogP contribution in [0.15, 0.2) is 60.7 Å². The third-order valence-corrected chi connectivity index (χ3v) is 4.88. The summed E-state index contributed by atoms with van der Waals surface area (Å²) in [6.07, 6.45) is 0. The molecule has 7 heteroatoms. The molecule has 4 rings (SSSR count). The maximum Gasteiger partial charge on any atom is 0.262 e. The van der Waals surface area contributed by atoms with Gasteiger partial charge in [-0.1, -0.05) is 12.1 Å². The molecular weight excluding hydrogens is 380 g/mol. The fraction of sp³-hybridized carbons (Fsp3) is 0.174. The zero-order chi connectivity index (χ0) is 21.1. The predicted molar refractivity (Wildman–Crippen MR) is 115 cm³/mol. The van der Waals surface area contributed by atoms with Crippen molar-refractivity contribution in [1.82, 2.24) is 15.0 Å². The largest absolute Gasteiger partial charge is 0.497 e. The van der Waals surface area contributed by atoms with Crippen LogP contribution in [-0.2, 0) is 4.79 Å². The minimum absolute atomic E-state index is 0.0686. The lowest BCUT2D eigenvalue weighted by Crippen LogP contribution is -2.20. The number of ether oxygens (including phenoxy) is 2. The van der Waals surface area contributed by atoms with Gasteiger partial charge in [0.25, 0.3) is 5.91 Å². The van der Waals surface area contributed by atoms with Gasteiger partial charge in [0.15, 0.2) is 6.61 Å². The molecule has 1 amide bonds. The Morgan fingerprint density at radius 3 is 2.53 bits per heavy atom. The minimum Gasteiger partial charge on any atom is -0.497 e. The number of hydrogen-bond donors (Lipinski definition) is 1. The lowest BCUT2D eigenvalue weighted by atomic mass is 10.1. The molecule has 0 aliphatic carbocycles. The second kappa shape index (κ2) is 8.24. The van der Waals surface area contributed by atoms with Crippen molar-refractivity contribution in [3.63, 3.8) is 0 Å². The van der Waals surface area contributed by atoms with Crippen molar-refractivity contribution in [2.24, 2.45) is 0 Å². The molecule has 1 heterocycles. The van der Waals surface area contributed by atoms with Crippen molar-refractivity contribution in [3.05, 3.63) is 71.8 Å². The number of aromatic nitrogens is 3. The summed E-state index contributed by atoms with van der Waals surface area (Å²) in [7, 11) is 1.62.